The van der Waals surface area contributed by atoms with Crippen LogP contribution in [0, 0.1) is 20.8 Å². The average molecular weight is 478 g/mol. The first-order valence-corrected chi connectivity index (χ1v) is 13.2. The van der Waals surface area contributed by atoms with Crippen molar-refractivity contribution in [1.82, 2.24) is 9.29 Å². The first-order valence-electron chi connectivity index (χ1n) is 10.4. The Hall–Kier alpha value is -1.67. The number of hydrogen-bond acceptors (Lipinski definition) is 5. The number of anilines is 1. The summed E-state index contributed by atoms with van der Waals surface area (Å²) >= 11 is 8.11. The molecule has 1 saturated heterocycles. The first-order chi connectivity index (χ1) is 14.6. The van der Waals surface area contributed by atoms with E-state index in [1.54, 1.807) is 46.9 Å². The monoisotopic (exact) mass is 477 g/mol. The highest BCUT2D eigenvalue weighted by Crippen LogP contribution is 2.35. The van der Waals surface area contributed by atoms with Crippen LogP contribution in [-0.4, -0.2) is 54.0 Å². The minimum atomic E-state index is -3.53. The summed E-state index contributed by atoms with van der Waals surface area (Å²) in [5, 5.41) is 2.28. The van der Waals surface area contributed by atoms with Crippen molar-refractivity contribution >= 4 is 38.1 Å². The molecule has 1 fully saturated rings. The minimum absolute atomic E-state index is 0.431. The van der Waals surface area contributed by atoms with Gasteiger partial charge >= 0.3 is 0 Å². The van der Waals surface area contributed by atoms with E-state index in [4.69, 9.17) is 16.6 Å². The van der Waals surface area contributed by atoms with E-state index in [0.29, 0.717) is 26.2 Å². The third-order valence-electron chi connectivity index (χ3n) is 5.99. The molecule has 0 amide bonds. The summed E-state index contributed by atoms with van der Waals surface area (Å²) in [5.74, 6) is 0. The van der Waals surface area contributed by atoms with E-state index >= 15 is 0 Å². The summed E-state index contributed by atoms with van der Waals surface area (Å²) in [5.41, 5.74) is 5.88. The highest BCUT2D eigenvalue weighted by atomic mass is 35.5. The molecule has 2 unspecified atom stereocenters. The lowest BCUT2D eigenvalue weighted by molar-refractivity contribution is 0.379. The Morgan fingerprint density at radius 3 is 2.35 bits per heavy atom. The predicted octanol–water partition coefficient (Wildman–Crippen LogP) is 4.68. The maximum absolute atomic E-state index is 13.2. The van der Waals surface area contributed by atoms with Crippen LogP contribution in [0.2, 0.25) is 0 Å². The molecule has 2 aromatic rings. The molecule has 2 atom stereocenters. The third-order valence-corrected chi connectivity index (χ3v) is 9.76. The lowest BCUT2D eigenvalue weighted by Crippen LogP contribution is -2.54. The third kappa shape index (κ3) is 4.33. The van der Waals surface area contributed by atoms with E-state index < -0.39 is 20.1 Å². The molecule has 1 aromatic heterocycles. The van der Waals surface area contributed by atoms with Crippen molar-refractivity contribution in [3.05, 3.63) is 58.5 Å². The maximum Gasteiger partial charge on any atom is 0.222 e. The van der Waals surface area contributed by atoms with Gasteiger partial charge in [-0.25, -0.2) is 13.4 Å². The number of sulfonamides is 1. The van der Waals surface area contributed by atoms with Gasteiger partial charge in [0.05, 0.1) is 10.6 Å². The van der Waals surface area contributed by atoms with E-state index in [-0.39, 0.29) is 0 Å². The van der Waals surface area contributed by atoms with E-state index in [9.17, 15) is 8.42 Å². The SMILES string of the molecule is Cc1cc(C)c(-c2csc(N3CCN(S(=O)(=O)C4C=CC=CC4(C)Cl)CC3)n2)c(C)c1. The molecule has 0 bridgehead atoms. The Bertz CT molecular complexity index is 1120. The van der Waals surface area contributed by atoms with Crippen LogP contribution in [0.4, 0.5) is 5.13 Å². The van der Waals surface area contributed by atoms with Crippen LogP contribution in [0.1, 0.15) is 23.6 Å². The van der Waals surface area contributed by atoms with Crippen LogP contribution in [0.3, 0.4) is 0 Å². The molecule has 2 heterocycles. The Kier molecular flexibility index (Phi) is 6.07. The number of piperazine rings is 1. The van der Waals surface area contributed by atoms with Crippen LogP contribution in [0.5, 0.6) is 0 Å². The molecular formula is C23H28ClN3O2S2. The molecule has 1 aliphatic heterocycles. The Morgan fingerprint density at radius 2 is 1.74 bits per heavy atom. The molecule has 166 valence electrons. The second-order valence-corrected chi connectivity index (χ2v) is 12.2. The van der Waals surface area contributed by atoms with Gasteiger partial charge in [0, 0.05) is 37.1 Å². The van der Waals surface area contributed by atoms with Gasteiger partial charge in [-0.2, -0.15) is 4.31 Å². The van der Waals surface area contributed by atoms with Crippen molar-refractivity contribution < 1.29 is 8.42 Å². The van der Waals surface area contributed by atoms with Crippen molar-refractivity contribution in [2.24, 2.45) is 0 Å². The van der Waals surface area contributed by atoms with E-state index in [0.717, 1.165) is 10.8 Å². The summed E-state index contributed by atoms with van der Waals surface area (Å²) < 4.78 is 28.0. The van der Waals surface area contributed by atoms with E-state index in [1.165, 1.54) is 22.3 Å². The van der Waals surface area contributed by atoms with E-state index in [1.807, 2.05) is 0 Å². The number of aromatic nitrogens is 1. The van der Waals surface area contributed by atoms with Crippen molar-refractivity contribution in [3.63, 3.8) is 0 Å². The van der Waals surface area contributed by atoms with Crippen molar-refractivity contribution in [3.8, 4) is 11.3 Å². The van der Waals surface area contributed by atoms with Gasteiger partial charge in [-0.1, -0.05) is 42.0 Å². The number of halogens is 1. The fourth-order valence-corrected chi connectivity index (χ4v) is 7.78. The summed E-state index contributed by atoms with van der Waals surface area (Å²) in [6.07, 6.45) is 7.00. The normalized spacial score (nSPS) is 24.7. The fraction of sp³-hybridized carbons (Fsp3) is 0.435. The predicted molar refractivity (Wildman–Crippen MR) is 131 cm³/mol. The Labute approximate surface area is 194 Å². The van der Waals surface area contributed by atoms with Crippen molar-refractivity contribution in [2.75, 3.05) is 31.1 Å². The Balaban J connectivity index is 1.48. The van der Waals surface area contributed by atoms with Crippen LogP contribution in [-0.2, 0) is 10.0 Å². The topological polar surface area (TPSA) is 53.5 Å². The maximum atomic E-state index is 13.2. The largest absolute Gasteiger partial charge is 0.345 e. The van der Waals surface area contributed by atoms with Gasteiger partial charge in [-0.15, -0.1) is 22.9 Å². The summed E-state index contributed by atoms with van der Waals surface area (Å²) in [6.45, 7) is 10.2. The number of allylic oxidation sites excluding steroid dienone is 3. The molecule has 0 spiro atoms. The minimum Gasteiger partial charge on any atom is -0.345 e. The molecule has 2 aliphatic rings. The van der Waals surface area contributed by atoms with Crippen LogP contribution < -0.4 is 4.90 Å². The van der Waals surface area contributed by atoms with Gasteiger partial charge in [0.15, 0.2) is 5.13 Å². The first kappa shape index (κ1) is 22.5. The lowest BCUT2D eigenvalue weighted by Gasteiger charge is -2.38. The summed E-state index contributed by atoms with van der Waals surface area (Å²) in [7, 11) is -3.53. The number of benzene rings is 1. The zero-order valence-electron chi connectivity index (χ0n) is 18.3. The van der Waals surface area contributed by atoms with Crippen LogP contribution in [0.25, 0.3) is 11.3 Å². The van der Waals surface area contributed by atoms with Gasteiger partial charge < -0.3 is 4.90 Å². The smallest absolute Gasteiger partial charge is 0.222 e. The molecule has 0 N–H and O–H groups in total. The number of nitrogens with zero attached hydrogens (tertiary/aromatic N) is 3. The van der Waals surface area contributed by atoms with Gasteiger partial charge in [-0.05, 0) is 38.8 Å². The average Bonchev–Trinajstić information content (AvgIpc) is 3.16. The quantitative estimate of drug-likeness (QED) is 0.600. The second kappa shape index (κ2) is 8.35. The molecule has 5 nitrogen and oxygen atoms in total. The zero-order valence-corrected chi connectivity index (χ0v) is 20.7. The molecule has 31 heavy (non-hydrogen) atoms. The Morgan fingerprint density at radius 1 is 1.10 bits per heavy atom. The van der Waals surface area contributed by atoms with Crippen LogP contribution >= 0.6 is 22.9 Å². The molecule has 0 radical (unpaired) electrons. The number of hydrogen-bond donors (Lipinski definition) is 0. The van der Waals surface area contributed by atoms with Gasteiger partial charge in [0.2, 0.25) is 10.0 Å². The van der Waals surface area contributed by atoms with Crippen molar-refractivity contribution in [1.29, 1.82) is 0 Å². The number of rotatable bonds is 4. The van der Waals surface area contributed by atoms with Gasteiger partial charge in [0.25, 0.3) is 0 Å². The highest BCUT2D eigenvalue weighted by Gasteiger charge is 2.43. The summed E-state index contributed by atoms with van der Waals surface area (Å²) in [6, 6.07) is 4.37. The molecule has 4 rings (SSSR count). The number of aryl methyl sites for hydroxylation is 3. The van der Waals surface area contributed by atoms with Gasteiger partial charge in [0.1, 0.15) is 5.25 Å². The number of thiazole rings is 1. The lowest BCUT2D eigenvalue weighted by atomic mass is 9.98. The van der Waals surface area contributed by atoms with Crippen molar-refractivity contribution in [2.45, 2.75) is 37.8 Å². The van der Waals surface area contributed by atoms with E-state index in [2.05, 4.69) is 43.2 Å². The zero-order chi connectivity index (χ0) is 22.4. The highest BCUT2D eigenvalue weighted by molar-refractivity contribution is 7.90. The molecule has 1 aliphatic carbocycles. The standard InChI is InChI=1S/C23H28ClN3O2S2/c1-16-13-17(2)21(18(3)14-16)19-15-30-22(25-19)26-9-11-27(12-10-26)31(28,29)20-7-5-6-8-23(20,4)24/h5-8,13-15,20H,9-12H2,1-4H3. The van der Waals surface area contributed by atoms with Crippen LogP contribution in [0.15, 0.2) is 41.8 Å². The van der Waals surface area contributed by atoms with Gasteiger partial charge in [-0.3, -0.25) is 0 Å². The molecular weight excluding hydrogens is 450 g/mol. The molecule has 8 heteroatoms. The number of alkyl halides is 1. The molecule has 0 saturated carbocycles. The summed E-state index contributed by atoms with van der Waals surface area (Å²) in [4.78, 5) is 6.13. The second-order valence-electron chi connectivity index (χ2n) is 8.54. The molecule has 1 aromatic carbocycles. The fourth-order valence-electron chi connectivity index (χ4n) is 4.49.